The molecule has 3 atom stereocenters. The third kappa shape index (κ3) is 3.86. The summed E-state index contributed by atoms with van der Waals surface area (Å²) in [4.78, 5) is 0. The molecule has 0 amide bonds. The van der Waals surface area contributed by atoms with Gasteiger partial charge in [0.25, 0.3) is 0 Å². The molecule has 132 valence electrons. The first kappa shape index (κ1) is 16.6. The molecule has 2 saturated heterocycles. The van der Waals surface area contributed by atoms with E-state index in [1.807, 2.05) is 0 Å². The summed E-state index contributed by atoms with van der Waals surface area (Å²) in [5, 5.41) is 0. The minimum Gasteiger partial charge on any atom is -0.377 e. The van der Waals surface area contributed by atoms with Gasteiger partial charge in [0.1, 0.15) is 6.10 Å². The van der Waals surface area contributed by atoms with Gasteiger partial charge in [0.2, 0.25) is 0 Å². The standard InChI is InChI=1S/C22H32O2/c1-2-3-16-4-6-18(7-5-16)21-13-12-20(14-23-21)17-8-10-19(11-9-17)22-15-24-22/h8-11,16,18,20-22H,2-7,12-15H2,1H3. The molecule has 3 aliphatic rings. The molecule has 1 aromatic carbocycles. The Kier molecular flexibility index (Phi) is 5.24. The van der Waals surface area contributed by atoms with E-state index in [2.05, 4.69) is 31.2 Å². The average Bonchev–Trinajstić information content (AvgIpc) is 3.48. The van der Waals surface area contributed by atoms with Crippen LogP contribution in [0.2, 0.25) is 0 Å². The predicted molar refractivity (Wildman–Crippen MR) is 97.2 cm³/mol. The Labute approximate surface area is 146 Å². The van der Waals surface area contributed by atoms with Gasteiger partial charge in [-0.3, -0.25) is 0 Å². The molecule has 1 saturated carbocycles. The molecule has 0 bridgehead atoms. The first-order valence-electron chi connectivity index (χ1n) is 10.2. The molecule has 2 heterocycles. The summed E-state index contributed by atoms with van der Waals surface area (Å²) < 4.78 is 11.7. The van der Waals surface area contributed by atoms with Gasteiger partial charge >= 0.3 is 0 Å². The van der Waals surface area contributed by atoms with Crippen molar-refractivity contribution in [3.63, 3.8) is 0 Å². The van der Waals surface area contributed by atoms with Crippen molar-refractivity contribution in [2.45, 2.75) is 76.4 Å². The molecule has 1 aromatic rings. The molecular weight excluding hydrogens is 296 g/mol. The van der Waals surface area contributed by atoms with E-state index in [-0.39, 0.29) is 0 Å². The van der Waals surface area contributed by atoms with Gasteiger partial charge in [0.15, 0.2) is 0 Å². The van der Waals surface area contributed by atoms with Crippen LogP contribution < -0.4 is 0 Å². The first-order chi connectivity index (χ1) is 11.8. The highest BCUT2D eigenvalue weighted by Gasteiger charge is 2.32. The van der Waals surface area contributed by atoms with Gasteiger partial charge in [-0.2, -0.15) is 0 Å². The first-order valence-corrected chi connectivity index (χ1v) is 10.2. The average molecular weight is 328 g/mol. The third-order valence-corrected chi connectivity index (χ3v) is 6.54. The Bertz CT molecular complexity index is 503. The van der Waals surface area contributed by atoms with Gasteiger partial charge in [-0.25, -0.2) is 0 Å². The summed E-state index contributed by atoms with van der Waals surface area (Å²) in [5.41, 5.74) is 2.78. The van der Waals surface area contributed by atoms with Gasteiger partial charge < -0.3 is 9.47 Å². The molecule has 4 rings (SSSR count). The van der Waals surface area contributed by atoms with E-state index >= 15 is 0 Å². The Balaban J connectivity index is 1.26. The summed E-state index contributed by atoms with van der Waals surface area (Å²) in [6.45, 7) is 4.13. The summed E-state index contributed by atoms with van der Waals surface area (Å²) in [5.74, 6) is 2.41. The minimum absolute atomic E-state index is 0.369. The van der Waals surface area contributed by atoms with Crippen molar-refractivity contribution in [2.24, 2.45) is 11.8 Å². The molecule has 0 aromatic heterocycles. The Morgan fingerprint density at radius 2 is 1.54 bits per heavy atom. The SMILES string of the molecule is CCCC1CCC(C2CCC(c3ccc(C4CO4)cc3)CO2)CC1. The van der Waals surface area contributed by atoms with Crippen molar-refractivity contribution in [3.8, 4) is 0 Å². The minimum atomic E-state index is 0.369. The fraction of sp³-hybridized carbons (Fsp3) is 0.727. The van der Waals surface area contributed by atoms with E-state index in [4.69, 9.17) is 9.47 Å². The molecule has 2 nitrogen and oxygen atoms in total. The lowest BCUT2D eigenvalue weighted by atomic mass is 9.75. The molecule has 0 radical (unpaired) electrons. The zero-order valence-corrected chi connectivity index (χ0v) is 15.1. The molecule has 2 aliphatic heterocycles. The Morgan fingerprint density at radius 3 is 2.12 bits per heavy atom. The van der Waals surface area contributed by atoms with Crippen molar-refractivity contribution >= 4 is 0 Å². The molecular formula is C22H32O2. The van der Waals surface area contributed by atoms with Crippen molar-refractivity contribution in [1.82, 2.24) is 0 Å². The summed E-state index contributed by atoms with van der Waals surface area (Å²) in [6.07, 6.45) is 11.9. The Morgan fingerprint density at radius 1 is 0.833 bits per heavy atom. The molecule has 0 N–H and O–H groups in total. The number of epoxide rings is 1. The number of hydrogen-bond acceptors (Lipinski definition) is 2. The van der Waals surface area contributed by atoms with Gasteiger partial charge in [0.05, 0.1) is 19.3 Å². The van der Waals surface area contributed by atoms with Crippen LogP contribution in [0, 0.1) is 11.8 Å². The maximum Gasteiger partial charge on any atom is 0.106 e. The molecule has 0 spiro atoms. The van der Waals surface area contributed by atoms with Crippen LogP contribution in [-0.4, -0.2) is 19.3 Å². The van der Waals surface area contributed by atoms with Crippen molar-refractivity contribution in [1.29, 1.82) is 0 Å². The van der Waals surface area contributed by atoms with Gasteiger partial charge in [-0.1, -0.05) is 56.9 Å². The largest absolute Gasteiger partial charge is 0.377 e. The summed E-state index contributed by atoms with van der Waals surface area (Å²) in [7, 11) is 0. The van der Waals surface area contributed by atoms with Crippen LogP contribution >= 0.6 is 0 Å². The molecule has 2 heteroatoms. The Hall–Kier alpha value is -0.860. The van der Waals surface area contributed by atoms with E-state index in [1.165, 1.54) is 62.5 Å². The van der Waals surface area contributed by atoms with Crippen LogP contribution in [0.3, 0.4) is 0 Å². The van der Waals surface area contributed by atoms with E-state index < -0.39 is 0 Å². The fourth-order valence-electron chi connectivity index (χ4n) is 4.89. The van der Waals surface area contributed by atoms with Crippen molar-refractivity contribution in [3.05, 3.63) is 35.4 Å². The highest BCUT2D eigenvalue weighted by molar-refractivity contribution is 5.28. The van der Waals surface area contributed by atoms with Crippen LogP contribution in [0.1, 0.15) is 81.4 Å². The maximum atomic E-state index is 6.35. The van der Waals surface area contributed by atoms with Gasteiger partial charge in [0, 0.05) is 5.92 Å². The fourth-order valence-corrected chi connectivity index (χ4v) is 4.89. The van der Waals surface area contributed by atoms with Crippen LogP contribution in [-0.2, 0) is 9.47 Å². The monoisotopic (exact) mass is 328 g/mol. The van der Waals surface area contributed by atoms with Crippen molar-refractivity contribution in [2.75, 3.05) is 13.2 Å². The summed E-state index contributed by atoms with van der Waals surface area (Å²) >= 11 is 0. The van der Waals surface area contributed by atoms with Gasteiger partial charge in [-0.05, 0) is 48.6 Å². The topological polar surface area (TPSA) is 21.8 Å². The quantitative estimate of drug-likeness (QED) is 0.654. The normalized spacial score (nSPS) is 36.5. The van der Waals surface area contributed by atoms with E-state index in [0.29, 0.717) is 18.1 Å². The van der Waals surface area contributed by atoms with Crippen molar-refractivity contribution < 1.29 is 9.47 Å². The van der Waals surface area contributed by atoms with Gasteiger partial charge in [-0.15, -0.1) is 0 Å². The van der Waals surface area contributed by atoms with E-state index in [9.17, 15) is 0 Å². The molecule has 24 heavy (non-hydrogen) atoms. The number of rotatable bonds is 5. The predicted octanol–water partition coefficient (Wildman–Crippen LogP) is 5.63. The zero-order chi connectivity index (χ0) is 16.4. The maximum absolute atomic E-state index is 6.35. The zero-order valence-electron chi connectivity index (χ0n) is 15.1. The van der Waals surface area contributed by atoms with E-state index in [1.54, 1.807) is 0 Å². The molecule has 3 unspecified atom stereocenters. The second-order valence-corrected chi connectivity index (χ2v) is 8.20. The highest BCUT2D eigenvalue weighted by atomic mass is 16.6. The van der Waals surface area contributed by atoms with Crippen LogP contribution in [0.25, 0.3) is 0 Å². The van der Waals surface area contributed by atoms with Crippen LogP contribution in [0.15, 0.2) is 24.3 Å². The van der Waals surface area contributed by atoms with Crippen LogP contribution in [0.5, 0.6) is 0 Å². The van der Waals surface area contributed by atoms with Crippen LogP contribution in [0.4, 0.5) is 0 Å². The highest BCUT2D eigenvalue weighted by Crippen LogP contribution is 2.39. The lowest BCUT2D eigenvalue weighted by molar-refractivity contribution is -0.0435. The summed E-state index contributed by atoms with van der Waals surface area (Å²) in [6, 6.07) is 9.07. The molecule has 3 fully saturated rings. The number of ether oxygens (including phenoxy) is 2. The third-order valence-electron chi connectivity index (χ3n) is 6.54. The van der Waals surface area contributed by atoms with E-state index in [0.717, 1.165) is 25.0 Å². The lowest BCUT2D eigenvalue weighted by Gasteiger charge is -2.38. The molecule has 1 aliphatic carbocycles. The second-order valence-electron chi connectivity index (χ2n) is 8.20. The lowest BCUT2D eigenvalue weighted by Crippen LogP contribution is -2.33. The second kappa shape index (κ2) is 7.58. The smallest absolute Gasteiger partial charge is 0.106 e. The number of hydrogen-bond donors (Lipinski definition) is 0. The number of benzene rings is 1.